The first-order valence-corrected chi connectivity index (χ1v) is 9.27. The summed E-state index contributed by atoms with van der Waals surface area (Å²) in [4.78, 5) is 30.8. The van der Waals surface area contributed by atoms with Gasteiger partial charge in [0.05, 0.1) is 30.7 Å². The van der Waals surface area contributed by atoms with E-state index in [1.807, 2.05) is 6.92 Å². The molecule has 0 radical (unpaired) electrons. The molecule has 0 saturated heterocycles. The summed E-state index contributed by atoms with van der Waals surface area (Å²) in [6.07, 6.45) is 1.60. The Morgan fingerprint density at radius 1 is 1.27 bits per heavy atom. The number of nitrogens with one attached hydrogen (secondary N) is 2. The third-order valence-electron chi connectivity index (χ3n) is 3.37. The number of amides is 1. The van der Waals surface area contributed by atoms with Crippen LogP contribution in [-0.4, -0.2) is 35.8 Å². The molecular formula is C17H20ClN3O4S. The number of aryl methyl sites for hydroxylation is 1. The van der Waals surface area contributed by atoms with Crippen molar-refractivity contribution in [3.05, 3.63) is 39.3 Å². The summed E-state index contributed by atoms with van der Waals surface area (Å²) in [5, 5.41) is 3.50. The number of halogens is 1. The Balaban J connectivity index is 2.06. The highest BCUT2D eigenvalue weighted by molar-refractivity contribution is 7.99. The Morgan fingerprint density at radius 3 is 2.65 bits per heavy atom. The van der Waals surface area contributed by atoms with Crippen LogP contribution in [0.5, 0.6) is 11.5 Å². The zero-order valence-corrected chi connectivity index (χ0v) is 16.3. The predicted molar refractivity (Wildman–Crippen MR) is 103 cm³/mol. The van der Waals surface area contributed by atoms with Gasteiger partial charge in [0.1, 0.15) is 11.5 Å². The maximum absolute atomic E-state index is 12.2. The lowest BCUT2D eigenvalue weighted by Crippen LogP contribution is -2.16. The van der Waals surface area contributed by atoms with Gasteiger partial charge in [-0.1, -0.05) is 36.7 Å². The second kappa shape index (κ2) is 9.49. The number of anilines is 1. The summed E-state index contributed by atoms with van der Waals surface area (Å²) in [5.74, 6) is 0.676. The first-order chi connectivity index (χ1) is 12.5. The van der Waals surface area contributed by atoms with E-state index in [0.29, 0.717) is 39.5 Å². The average Bonchev–Trinajstić information content (AvgIpc) is 2.60. The number of benzene rings is 1. The molecule has 0 aliphatic heterocycles. The zero-order valence-electron chi connectivity index (χ0n) is 14.7. The van der Waals surface area contributed by atoms with Crippen LogP contribution in [0, 0.1) is 0 Å². The van der Waals surface area contributed by atoms with Crippen molar-refractivity contribution in [3.8, 4) is 11.5 Å². The molecule has 1 aromatic carbocycles. The van der Waals surface area contributed by atoms with Gasteiger partial charge in [-0.15, -0.1) is 0 Å². The highest BCUT2D eigenvalue weighted by atomic mass is 35.5. The number of hydrogen-bond acceptors (Lipinski definition) is 6. The van der Waals surface area contributed by atoms with E-state index < -0.39 is 0 Å². The molecule has 26 heavy (non-hydrogen) atoms. The highest BCUT2D eigenvalue weighted by Gasteiger charge is 2.13. The molecule has 0 aliphatic rings. The summed E-state index contributed by atoms with van der Waals surface area (Å²) in [6.45, 7) is 2.01. The minimum Gasteiger partial charge on any atom is -0.495 e. The number of methoxy groups -OCH3 is 2. The third-order valence-corrected chi connectivity index (χ3v) is 4.54. The maximum Gasteiger partial charge on any atom is 0.251 e. The first-order valence-electron chi connectivity index (χ1n) is 7.91. The van der Waals surface area contributed by atoms with Crippen molar-refractivity contribution < 1.29 is 14.3 Å². The third kappa shape index (κ3) is 5.40. The number of H-pyrrole nitrogens is 1. The van der Waals surface area contributed by atoms with Crippen LogP contribution in [0.1, 0.15) is 19.0 Å². The summed E-state index contributed by atoms with van der Waals surface area (Å²) in [6, 6.07) is 4.62. The van der Waals surface area contributed by atoms with Crippen LogP contribution in [0.3, 0.4) is 0 Å². The molecule has 2 rings (SSSR count). The van der Waals surface area contributed by atoms with Gasteiger partial charge in [0, 0.05) is 17.8 Å². The van der Waals surface area contributed by atoms with E-state index in [1.54, 1.807) is 12.1 Å². The molecule has 1 aromatic heterocycles. The van der Waals surface area contributed by atoms with Gasteiger partial charge in [0.25, 0.3) is 5.56 Å². The zero-order chi connectivity index (χ0) is 19.1. The minimum atomic E-state index is -0.280. The van der Waals surface area contributed by atoms with E-state index in [2.05, 4.69) is 15.3 Å². The van der Waals surface area contributed by atoms with Crippen LogP contribution in [0.4, 0.5) is 5.69 Å². The van der Waals surface area contributed by atoms with Gasteiger partial charge in [-0.3, -0.25) is 9.59 Å². The fraction of sp³-hybridized carbons (Fsp3) is 0.353. The Bertz CT molecular complexity index is 841. The summed E-state index contributed by atoms with van der Waals surface area (Å²) in [5.41, 5.74) is 0.919. The number of carbonyl (C=O) groups excluding carboxylic acids is 1. The Kier molecular flexibility index (Phi) is 7.35. The van der Waals surface area contributed by atoms with E-state index in [9.17, 15) is 9.59 Å². The molecule has 7 nitrogen and oxygen atoms in total. The number of carbonyl (C=O) groups is 1. The largest absolute Gasteiger partial charge is 0.495 e. The number of rotatable bonds is 8. The number of ether oxygens (including phenoxy) is 2. The van der Waals surface area contributed by atoms with Crippen LogP contribution >= 0.6 is 23.4 Å². The molecule has 1 amide bonds. The normalized spacial score (nSPS) is 10.5. The van der Waals surface area contributed by atoms with Gasteiger partial charge in [-0.25, -0.2) is 4.98 Å². The number of aromatic amines is 1. The summed E-state index contributed by atoms with van der Waals surface area (Å²) in [7, 11) is 2.98. The van der Waals surface area contributed by atoms with E-state index in [-0.39, 0.29) is 17.2 Å². The predicted octanol–water partition coefficient (Wildman–Crippen LogP) is 3.12. The van der Waals surface area contributed by atoms with Crippen LogP contribution < -0.4 is 20.3 Å². The number of thioether (sulfide) groups is 1. The first kappa shape index (κ1) is 20.1. The van der Waals surface area contributed by atoms with Crippen molar-refractivity contribution in [2.45, 2.75) is 24.9 Å². The molecule has 0 saturated carbocycles. The maximum atomic E-state index is 12.2. The molecule has 1 heterocycles. The van der Waals surface area contributed by atoms with Crippen LogP contribution in [0.15, 0.2) is 28.2 Å². The second-order valence-corrected chi connectivity index (χ2v) is 6.69. The molecule has 2 N–H and O–H groups in total. The molecular weight excluding hydrogens is 378 g/mol. The monoisotopic (exact) mass is 397 g/mol. The topological polar surface area (TPSA) is 93.3 Å². The van der Waals surface area contributed by atoms with Crippen molar-refractivity contribution >= 4 is 35.0 Å². The Labute approximate surface area is 160 Å². The van der Waals surface area contributed by atoms with Crippen LogP contribution in [0.25, 0.3) is 0 Å². The lowest BCUT2D eigenvalue weighted by atomic mass is 10.2. The fourth-order valence-corrected chi connectivity index (χ4v) is 3.15. The molecule has 0 aliphatic carbocycles. The molecule has 140 valence electrons. The van der Waals surface area contributed by atoms with Gasteiger partial charge in [0.2, 0.25) is 5.91 Å². The molecule has 0 fully saturated rings. The SMILES string of the molecule is CCCc1cc(=O)[nH]c(SCC(=O)Nc2cc(Cl)c(OC)cc2OC)n1. The van der Waals surface area contributed by atoms with Crippen LogP contribution in [-0.2, 0) is 11.2 Å². The fourth-order valence-electron chi connectivity index (χ4n) is 2.21. The van der Waals surface area contributed by atoms with E-state index in [1.165, 1.54) is 20.3 Å². The van der Waals surface area contributed by atoms with Crippen molar-refractivity contribution in [1.29, 1.82) is 0 Å². The minimum absolute atomic E-state index is 0.0747. The molecule has 9 heteroatoms. The van der Waals surface area contributed by atoms with Crippen molar-refractivity contribution in [1.82, 2.24) is 9.97 Å². The lowest BCUT2D eigenvalue weighted by molar-refractivity contribution is -0.113. The lowest BCUT2D eigenvalue weighted by Gasteiger charge is -2.13. The van der Waals surface area contributed by atoms with Gasteiger partial charge in [-0.2, -0.15) is 0 Å². The van der Waals surface area contributed by atoms with Crippen molar-refractivity contribution in [3.63, 3.8) is 0 Å². The molecule has 0 bridgehead atoms. The Hall–Kier alpha value is -2.19. The van der Waals surface area contributed by atoms with Crippen molar-refractivity contribution in [2.24, 2.45) is 0 Å². The van der Waals surface area contributed by atoms with E-state index in [0.717, 1.165) is 18.2 Å². The van der Waals surface area contributed by atoms with E-state index >= 15 is 0 Å². The molecule has 2 aromatic rings. The number of aromatic nitrogens is 2. The average molecular weight is 398 g/mol. The molecule has 0 unspecified atom stereocenters. The molecule has 0 spiro atoms. The van der Waals surface area contributed by atoms with Gasteiger partial charge >= 0.3 is 0 Å². The van der Waals surface area contributed by atoms with E-state index in [4.69, 9.17) is 21.1 Å². The number of hydrogen-bond donors (Lipinski definition) is 2. The summed E-state index contributed by atoms with van der Waals surface area (Å²) >= 11 is 7.24. The highest BCUT2D eigenvalue weighted by Crippen LogP contribution is 2.35. The smallest absolute Gasteiger partial charge is 0.251 e. The van der Waals surface area contributed by atoms with Gasteiger partial charge in [0.15, 0.2) is 5.16 Å². The van der Waals surface area contributed by atoms with Crippen LogP contribution in [0.2, 0.25) is 5.02 Å². The van der Waals surface area contributed by atoms with Gasteiger partial charge in [-0.05, 0) is 12.5 Å². The Morgan fingerprint density at radius 2 is 2.00 bits per heavy atom. The molecule has 0 atom stereocenters. The van der Waals surface area contributed by atoms with Crippen molar-refractivity contribution in [2.75, 3.05) is 25.3 Å². The number of nitrogens with zero attached hydrogens (tertiary/aromatic N) is 1. The second-order valence-electron chi connectivity index (χ2n) is 5.32. The quantitative estimate of drug-likeness (QED) is 0.525. The standard InChI is InChI=1S/C17H20ClN3O4S/c1-4-5-10-6-15(22)21-17(19-10)26-9-16(23)20-12-7-11(18)13(24-2)8-14(12)25-3/h6-8H,4-5,9H2,1-3H3,(H,20,23)(H,19,21,22). The van der Waals surface area contributed by atoms with Gasteiger partial charge < -0.3 is 19.8 Å². The summed E-state index contributed by atoms with van der Waals surface area (Å²) < 4.78 is 10.4.